The van der Waals surface area contributed by atoms with E-state index in [1.807, 2.05) is 0 Å². The van der Waals surface area contributed by atoms with Gasteiger partial charge < -0.3 is 26.7 Å². The van der Waals surface area contributed by atoms with E-state index in [2.05, 4.69) is 33.8 Å². The average molecular weight is 216 g/mol. The molecule has 1 N–H and O–H groups in total. The highest BCUT2D eigenvalue weighted by Crippen LogP contribution is 1.97. The molecule has 0 aromatic rings. The molecule has 0 heterocycles. The second kappa shape index (κ2) is 6.97. The van der Waals surface area contributed by atoms with Crippen molar-refractivity contribution in [3.63, 3.8) is 0 Å². The standard InChI is InChI=1S/C7H17NO2S.ClH/c1-8(2,3)4-5-10-7(11)6-9;/h7,9H,4-6H2,1-3H3;1H. The Balaban J connectivity index is 0. The summed E-state index contributed by atoms with van der Waals surface area (Å²) in [5.41, 5.74) is -0.332. The van der Waals surface area contributed by atoms with E-state index in [1.165, 1.54) is 0 Å². The van der Waals surface area contributed by atoms with Gasteiger partial charge in [0.25, 0.3) is 0 Å². The van der Waals surface area contributed by atoms with Crippen LogP contribution in [-0.4, -0.2) is 55.9 Å². The number of rotatable bonds is 5. The van der Waals surface area contributed by atoms with Gasteiger partial charge >= 0.3 is 0 Å². The van der Waals surface area contributed by atoms with Crippen LogP contribution in [0.25, 0.3) is 0 Å². The number of hydrogen-bond donors (Lipinski definition) is 2. The molecule has 0 aliphatic carbocycles. The molecule has 0 amide bonds. The number of aliphatic hydroxyl groups excluding tert-OH is 1. The fourth-order valence-corrected chi connectivity index (χ4v) is 0.621. The Hall–Kier alpha value is 0.520. The molecule has 0 spiro atoms. The second-order valence-corrected chi connectivity index (χ2v) is 4.10. The second-order valence-electron chi connectivity index (χ2n) is 3.52. The number of quaternary nitrogens is 1. The van der Waals surface area contributed by atoms with Crippen molar-refractivity contribution in [1.29, 1.82) is 0 Å². The van der Waals surface area contributed by atoms with Crippen LogP contribution in [0.5, 0.6) is 0 Å². The first-order chi connectivity index (χ1) is 4.95. The quantitative estimate of drug-likeness (QED) is 0.290. The lowest BCUT2D eigenvalue weighted by Gasteiger charge is -2.24. The normalized spacial score (nSPS) is 13.8. The summed E-state index contributed by atoms with van der Waals surface area (Å²) in [5.74, 6) is 0. The summed E-state index contributed by atoms with van der Waals surface area (Å²) in [6.45, 7) is 1.54. The first kappa shape index (κ1) is 15.0. The number of likely N-dealkylation sites (N-methyl/N-ethyl adjacent to an activating group) is 1. The number of aliphatic hydroxyl groups is 1. The molecule has 1 atom stereocenters. The zero-order valence-corrected chi connectivity index (χ0v) is 9.48. The molecule has 0 rings (SSSR count). The van der Waals surface area contributed by atoms with Crippen molar-refractivity contribution >= 4 is 12.6 Å². The zero-order chi connectivity index (χ0) is 8.91. The van der Waals surface area contributed by atoms with Gasteiger partial charge in [0.05, 0.1) is 34.4 Å². The Morgan fingerprint density at radius 1 is 1.42 bits per heavy atom. The van der Waals surface area contributed by atoms with Gasteiger partial charge in [-0.3, -0.25) is 0 Å². The number of thiol groups is 1. The number of halogens is 1. The van der Waals surface area contributed by atoms with Crippen molar-refractivity contribution in [2.75, 3.05) is 40.9 Å². The number of nitrogens with zero attached hydrogens (tertiary/aromatic N) is 1. The highest BCUT2D eigenvalue weighted by Gasteiger charge is 2.07. The van der Waals surface area contributed by atoms with E-state index in [-0.39, 0.29) is 24.4 Å². The Kier molecular flexibility index (Phi) is 8.73. The van der Waals surface area contributed by atoms with Crippen molar-refractivity contribution < 1.29 is 26.7 Å². The third kappa shape index (κ3) is 10.5. The Bertz CT molecular complexity index is 108. The van der Waals surface area contributed by atoms with Crippen LogP contribution >= 0.6 is 12.6 Å². The largest absolute Gasteiger partial charge is 1.00 e. The van der Waals surface area contributed by atoms with Crippen molar-refractivity contribution in [3.8, 4) is 0 Å². The van der Waals surface area contributed by atoms with Crippen LogP contribution in [0.15, 0.2) is 0 Å². The smallest absolute Gasteiger partial charge is 0.123 e. The monoisotopic (exact) mass is 215 g/mol. The minimum absolute atomic E-state index is 0. The molecule has 3 nitrogen and oxygen atoms in total. The fourth-order valence-electron chi connectivity index (χ4n) is 0.515. The van der Waals surface area contributed by atoms with E-state index in [1.54, 1.807) is 0 Å². The summed E-state index contributed by atoms with van der Waals surface area (Å²) in [4.78, 5) is 0. The molecular formula is C7H18ClNO2S. The number of ether oxygens (including phenoxy) is 1. The van der Waals surface area contributed by atoms with Crippen LogP contribution in [0.1, 0.15) is 0 Å². The fraction of sp³-hybridized carbons (Fsp3) is 1.00. The minimum Gasteiger partial charge on any atom is -1.00 e. The van der Waals surface area contributed by atoms with E-state index in [4.69, 9.17) is 9.84 Å². The van der Waals surface area contributed by atoms with Gasteiger partial charge in [0.15, 0.2) is 0 Å². The lowest BCUT2D eigenvalue weighted by atomic mass is 10.5. The van der Waals surface area contributed by atoms with E-state index in [0.717, 1.165) is 11.0 Å². The predicted octanol–water partition coefficient (Wildman–Crippen LogP) is -3.04. The molecule has 1 unspecified atom stereocenters. The topological polar surface area (TPSA) is 29.5 Å². The molecule has 0 aromatic carbocycles. The minimum atomic E-state index is -0.332. The molecule has 0 saturated heterocycles. The van der Waals surface area contributed by atoms with Gasteiger partial charge in [-0.2, -0.15) is 0 Å². The van der Waals surface area contributed by atoms with Crippen LogP contribution in [0, 0.1) is 0 Å². The highest BCUT2D eigenvalue weighted by atomic mass is 35.5. The predicted molar refractivity (Wildman–Crippen MR) is 48.7 cm³/mol. The third-order valence-corrected chi connectivity index (χ3v) is 1.54. The molecule has 76 valence electrons. The van der Waals surface area contributed by atoms with Crippen molar-refractivity contribution in [3.05, 3.63) is 0 Å². The first-order valence-electron chi connectivity index (χ1n) is 3.66. The maximum absolute atomic E-state index is 8.56. The average Bonchev–Trinajstić information content (AvgIpc) is 1.85. The molecule has 0 saturated carbocycles. The van der Waals surface area contributed by atoms with E-state index in [0.29, 0.717) is 6.61 Å². The molecule has 12 heavy (non-hydrogen) atoms. The van der Waals surface area contributed by atoms with E-state index < -0.39 is 0 Å². The van der Waals surface area contributed by atoms with Gasteiger partial charge in [-0.15, -0.1) is 12.6 Å². The molecule has 0 aromatic heterocycles. The van der Waals surface area contributed by atoms with Gasteiger partial charge in [0.1, 0.15) is 12.0 Å². The maximum Gasteiger partial charge on any atom is 0.123 e. The number of hydrogen-bond acceptors (Lipinski definition) is 3. The zero-order valence-electron chi connectivity index (χ0n) is 7.83. The van der Waals surface area contributed by atoms with Crippen molar-refractivity contribution in [1.82, 2.24) is 0 Å². The summed E-state index contributed by atoms with van der Waals surface area (Å²) in [6, 6.07) is 0. The molecular weight excluding hydrogens is 198 g/mol. The summed E-state index contributed by atoms with van der Waals surface area (Å²) in [5, 5.41) is 8.56. The van der Waals surface area contributed by atoms with Crippen LogP contribution < -0.4 is 12.4 Å². The molecule has 5 heteroatoms. The van der Waals surface area contributed by atoms with E-state index >= 15 is 0 Å². The third-order valence-electron chi connectivity index (χ3n) is 1.23. The molecule has 0 radical (unpaired) electrons. The van der Waals surface area contributed by atoms with Gasteiger partial charge in [0, 0.05) is 0 Å². The van der Waals surface area contributed by atoms with Crippen LogP contribution in [0.4, 0.5) is 0 Å². The van der Waals surface area contributed by atoms with Gasteiger partial charge in [0.2, 0.25) is 0 Å². The summed E-state index contributed by atoms with van der Waals surface area (Å²) in [6.07, 6.45) is 0. The van der Waals surface area contributed by atoms with Gasteiger partial charge in [-0.05, 0) is 0 Å². The lowest BCUT2D eigenvalue weighted by Crippen LogP contribution is -3.00. The maximum atomic E-state index is 8.56. The Labute approximate surface area is 86.1 Å². The highest BCUT2D eigenvalue weighted by molar-refractivity contribution is 7.80. The van der Waals surface area contributed by atoms with Crippen LogP contribution in [-0.2, 0) is 4.74 Å². The first-order valence-corrected chi connectivity index (χ1v) is 4.18. The summed E-state index contributed by atoms with van der Waals surface area (Å²) in [7, 11) is 6.28. The van der Waals surface area contributed by atoms with Crippen molar-refractivity contribution in [2.24, 2.45) is 0 Å². The Morgan fingerprint density at radius 2 is 1.92 bits per heavy atom. The SMILES string of the molecule is C[N+](C)(C)CCOC(S)CO.[Cl-]. The lowest BCUT2D eigenvalue weighted by molar-refractivity contribution is -0.870. The molecule has 0 aliphatic heterocycles. The summed E-state index contributed by atoms with van der Waals surface area (Å²) < 4.78 is 6.03. The van der Waals surface area contributed by atoms with Crippen molar-refractivity contribution in [2.45, 2.75) is 5.44 Å². The molecule has 0 aliphatic rings. The Morgan fingerprint density at radius 3 is 2.25 bits per heavy atom. The van der Waals surface area contributed by atoms with E-state index in [9.17, 15) is 0 Å². The van der Waals surface area contributed by atoms with Crippen LogP contribution in [0.3, 0.4) is 0 Å². The molecule has 0 fully saturated rings. The summed E-state index contributed by atoms with van der Waals surface area (Å²) >= 11 is 3.98. The van der Waals surface area contributed by atoms with Crippen LogP contribution in [0.2, 0.25) is 0 Å². The van der Waals surface area contributed by atoms with Gasteiger partial charge in [-0.25, -0.2) is 0 Å². The molecule has 0 bridgehead atoms. The van der Waals surface area contributed by atoms with Gasteiger partial charge in [-0.1, -0.05) is 0 Å².